The number of nitriles is 1. The van der Waals surface area contributed by atoms with E-state index in [1.54, 1.807) is 11.3 Å². The molecule has 2 rings (SSSR count). The Morgan fingerprint density at radius 2 is 2.04 bits per heavy atom. The summed E-state index contributed by atoms with van der Waals surface area (Å²) in [6, 6.07) is 9.67. The smallest absolute Gasteiger partial charge is 0.407 e. The summed E-state index contributed by atoms with van der Waals surface area (Å²) < 4.78 is 6.16. The molecule has 0 saturated carbocycles. The van der Waals surface area contributed by atoms with Gasteiger partial charge in [0.05, 0.1) is 18.6 Å². The minimum absolute atomic E-state index is 0.0742. The first-order chi connectivity index (χ1) is 12.0. The third-order valence-corrected chi connectivity index (χ3v) is 4.52. The summed E-state index contributed by atoms with van der Waals surface area (Å²) in [5, 5.41) is 16.8. The maximum atomic E-state index is 12.5. The van der Waals surface area contributed by atoms with Gasteiger partial charge in [-0.3, -0.25) is 4.79 Å². The molecule has 0 spiro atoms. The molecular weight excluding hydrogens is 338 g/mol. The molecule has 0 aliphatic heterocycles. The van der Waals surface area contributed by atoms with Gasteiger partial charge in [0.25, 0.3) is 0 Å². The molecule has 0 saturated heterocycles. The predicted octanol–water partition coefficient (Wildman–Crippen LogP) is 3.01. The van der Waals surface area contributed by atoms with Crippen molar-refractivity contribution in [3.8, 4) is 6.07 Å². The molecule has 132 valence electrons. The number of thiophene rings is 1. The van der Waals surface area contributed by atoms with Gasteiger partial charge < -0.3 is 15.4 Å². The number of alkyl carbamates (subject to hydrolysis) is 1. The van der Waals surface area contributed by atoms with Crippen molar-refractivity contribution >= 4 is 33.4 Å². The summed E-state index contributed by atoms with van der Waals surface area (Å²) in [5.74, 6) is -0.647. The zero-order valence-corrected chi connectivity index (χ0v) is 15.1. The summed E-state index contributed by atoms with van der Waals surface area (Å²) in [6.45, 7) is 4.24. The maximum absolute atomic E-state index is 12.5. The largest absolute Gasteiger partial charge is 0.449 e. The molecule has 1 aromatic heterocycles. The predicted molar refractivity (Wildman–Crippen MR) is 97.4 cm³/mol. The van der Waals surface area contributed by atoms with Gasteiger partial charge in [0.2, 0.25) is 5.91 Å². The number of ether oxygens (including phenoxy) is 1. The van der Waals surface area contributed by atoms with Crippen molar-refractivity contribution in [2.24, 2.45) is 5.92 Å². The fourth-order valence-corrected chi connectivity index (χ4v) is 3.36. The number of nitrogens with zero attached hydrogens (tertiary/aromatic N) is 1. The minimum Gasteiger partial charge on any atom is -0.449 e. The van der Waals surface area contributed by atoms with E-state index >= 15 is 0 Å². The topological polar surface area (TPSA) is 91.2 Å². The van der Waals surface area contributed by atoms with Crippen molar-refractivity contribution in [1.82, 2.24) is 10.6 Å². The maximum Gasteiger partial charge on any atom is 0.407 e. The number of hydrogen-bond acceptors (Lipinski definition) is 5. The molecule has 0 bridgehead atoms. The van der Waals surface area contributed by atoms with Gasteiger partial charge in [-0.2, -0.15) is 5.26 Å². The molecule has 0 aliphatic rings. The van der Waals surface area contributed by atoms with Crippen molar-refractivity contribution < 1.29 is 14.3 Å². The summed E-state index contributed by atoms with van der Waals surface area (Å²) in [6.07, 6.45) is -0.550. The highest BCUT2D eigenvalue weighted by molar-refractivity contribution is 7.17. The van der Waals surface area contributed by atoms with Crippen LogP contribution >= 0.6 is 11.3 Å². The fraction of sp³-hybridized carbons (Fsp3) is 0.389. The number of rotatable bonds is 7. The zero-order chi connectivity index (χ0) is 18.2. The molecular formula is C18H21N3O3S. The van der Waals surface area contributed by atoms with Crippen LogP contribution in [0.3, 0.4) is 0 Å². The molecule has 0 fully saturated rings. The zero-order valence-electron chi connectivity index (χ0n) is 14.2. The monoisotopic (exact) mass is 359 g/mol. The van der Waals surface area contributed by atoms with E-state index in [-0.39, 0.29) is 24.9 Å². The van der Waals surface area contributed by atoms with Crippen LogP contribution in [0.2, 0.25) is 0 Å². The highest BCUT2D eigenvalue weighted by Gasteiger charge is 2.24. The van der Waals surface area contributed by atoms with E-state index < -0.39 is 12.0 Å². The van der Waals surface area contributed by atoms with E-state index in [2.05, 4.69) is 10.6 Å². The van der Waals surface area contributed by atoms with Crippen molar-refractivity contribution in [2.75, 3.05) is 19.7 Å². The van der Waals surface area contributed by atoms with E-state index in [0.717, 1.165) is 15.6 Å². The lowest BCUT2D eigenvalue weighted by atomic mass is 9.97. The Kier molecular flexibility index (Phi) is 6.78. The van der Waals surface area contributed by atoms with E-state index in [9.17, 15) is 9.59 Å². The van der Waals surface area contributed by atoms with Crippen LogP contribution in [0.1, 0.15) is 25.3 Å². The molecule has 25 heavy (non-hydrogen) atoms. The molecule has 2 aromatic rings. The van der Waals surface area contributed by atoms with Gasteiger partial charge >= 0.3 is 6.09 Å². The molecule has 0 aliphatic carbocycles. The Morgan fingerprint density at radius 3 is 2.76 bits per heavy atom. The van der Waals surface area contributed by atoms with E-state index in [1.807, 2.05) is 49.6 Å². The lowest BCUT2D eigenvalue weighted by Crippen LogP contribution is -2.38. The van der Waals surface area contributed by atoms with Crippen LogP contribution < -0.4 is 10.6 Å². The first-order valence-corrected chi connectivity index (χ1v) is 8.92. The number of fused-ring (bicyclic) bond motifs is 1. The van der Waals surface area contributed by atoms with Crippen LogP contribution in [0.5, 0.6) is 0 Å². The molecule has 2 N–H and O–H groups in total. The van der Waals surface area contributed by atoms with Crippen LogP contribution in [0.15, 0.2) is 29.6 Å². The molecule has 6 nitrogen and oxygen atoms in total. The molecule has 2 amide bonds. The number of hydrogen-bond donors (Lipinski definition) is 2. The Hall–Kier alpha value is -2.59. The lowest BCUT2D eigenvalue weighted by Gasteiger charge is -2.17. The number of amides is 2. The number of benzene rings is 1. The van der Waals surface area contributed by atoms with Crippen molar-refractivity contribution in [3.05, 3.63) is 35.2 Å². The number of carbonyl (C=O) groups excluding carboxylic acids is 2. The molecule has 1 atom stereocenters. The highest BCUT2D eigenvalue weighted by atomic mass is 32.1. The molecule has 0 radical (unpaired) electrons. The van der Waals surface area contributed by atoms with Gasteiger partial charge in [-0.1, -0.05) is 32.0 Å². The third-order valence-electron chi connectivity index (χ3n) is 3.54. The van der Waals surface area contributed by atoms with Gasteiger partial charge in [-0.15, -0.1) is 11.3 Å². The van der Waals surface area contributed by atoms with Crippen LogP contribution in [0, 0.1) is 17.2 Å². The summed E-state index contributed by atoms with van der Waals surface area (Å²) >= 11 is 1.54. The van der Waals surface area contributed by atoms with Gasteiger partial charge in [-0.25, -0.2) is 4.79 Å². The highest BCUT2D eigenvalue weighted by Crippen LogP contribution is 2.31. The van der Waals surface area contributed by atoms with Gasteiger partial charge in [0, 0.05) is 11.2 Å². The van der Waals surface area contributed by atoms with Crippen LogP contribution in [-0.2, 0) is 9.53 Å². The lowest BCUT2D eigenvalue weighted by molar-refractivity contribution is -0.122. The molecule has 1 heterocycles. The quantitative estimate of drug-likeness (QED) is 0.744. The molecule has 1 unspecified atom stereocenters. The Labute approximate surface area is 150 Å². The van der Waals surface area contributed by atoms with Crippen LogP contribution in [0.25, 0.3) is 10.1 Å². The molecule has 7 heteroatoms. The van der Waals surface area contributed by atoms with Crippen LogP contribution in [-0.4, -0.2) is 31.7 Å². The number of nitrogens with one attached hydrogen (secondary N) is 2. The third kappa shape index (κ3) is 5.19. The average molecular weight is 359 g/mol. The van der Waals surface area contributed by atoms with Gasteiger partial charge in [-0.05, 0) is 28.3 Å². The molecule has 1 aromatic carbocycles. The standard InChI is InChI=1S/C18H21N3O3S/c1-12(2)10-24-18(23)21-9-14(17(22)20-8-7-19)15-11-25-16-6-4-3-5-13(15)16/h3-6,11-12,14H,8-10H2,1-2H3,(H,20,22)(H,21,23). The number of carbonyl (C=O) groups is 2. The fourth-order valence-electron chi connectivity index (χ4n) is 2.34. The SMILES string of the molecule is CC(C)COC(=O)NCC(C(=O)NCC#N)c1csc2ccccc12. The normalized spacial score (nSPS) is 11.8. The summed E-state index contributed by atoms with van der Waals surface area (Å²) in [7, 11) is 0. The second-order valence-electron chi connectivity index (χ2n) is 5.99. The Balaban J connectivity index is 2.15. The Bertz CT molecular complexity index is 779. The van der Waals surface area contributed by atoms with Crippen molar-refractivity contribution in [3.63, 3.8) is 0 Å². The van der Waals surface area contributed by atoms with Crippen LogP contribution in [0.4, 0.5) is 4.79 Å². The Morgan fingerprint density at radius 1 is 1.28 bits per heavy atom. The summed E-state index contributed by atoms with van der Waals surface area (Å²) in [5.41, 5.74) is 0.834. The van der Waals surface area contributed by atoms with Gasteiger partial charge in [0.1, 0.15) is 6.54 Å². The average Bonchev–Trinajstić information content (AvgIpc) is 3.02. The summed E-state index contributed by atoms with van der Waals surface area (Å²) in [4.78, 5) is 24.3. The van der Waals surface area contributed by atoms with Gasteiger partial charge in [0.15, 0.2) is 0 Å². The minimum atomic E-state index is -0.587. The first-order valence-electron chi connectivity index (χ1n) is 8.04. The van der Waals surface area contributed by atoms with E-state index in [0.29, 0.717) is 6.61 Å². The second kappa shape index (κ2) is 9.04. The van der Waals surface area contributed by atoms with Crippen molar-refractivity contribution in [1.29, 1.82) is 5.26 Å². The van der Waals surface area contributed by atoms with E-state index in [4.69, 9.17) is 10.00 Å². The first kappa shape index (κ1) is 18.7. The second-order valence-corrected chi connectivity index (χ2v) is 6.90. The van der Waals surface area contributed by atoms with Crippen molar-refractivity contribution in [2.45, 2.75) is 19.8 Å². The van der Waals surface area contributed by atoms with E-state index in [1.165, 1.54) is 0 Å².